The van der Waals surface area contributed by atoms with Crippen LogP contribution in [0.25, 0.3) is 0 Å². The fourth-order valence-electron chi connectivity index (χ4n) is 3.26. The highest BCUT2D eigenvalue weighted by Crippen LogP contribution is 2.11. The van der Waals surface area contributed by atoms with Crippen LogP contribution >= 0.6 is 0 Å². The van der Waals surface area contributed by atoms with Gasteiger partial charge in [-0.15, -0.1) is 0 Å². The van der Waals surface area contributed by atoms with Gasteiger partial charge in [0.1, 0.15) is 0 Å². The maximum absolute atomic E-state index is 3.08. The van der Waals surface area contributed by atoms with Gasteiger partial charge in [-0.05, 0) is 12.8 Å². The van der Waals surface area contributed by atoms with Crippen LogP contribution in [-0.2, 0) is 0 Å². The van der Waals surface area contributed by atoms with E-state index in [4.69, 9.17) is 0 Å². The minimum Gasteiger partial charge on any atom is -0.412 e. The van der Waals surface area contributed by atoms with Gasteiger partial charge in [-0.2, -0.15) is 11.1 Å². The Morgan fingerprint density at radius 2 is 0.741 bits per heavy atom. The van der Waals surface area contributed by atoms with Crippen LogP contribution in [0.4, 0.5) is 0 Å². The molecule has 5 heteroatoms. The zero-order valence-electron chi connectivity index (χ0n) is 18.6. The molecule has 1 aliphatic heterocycles. The van der Waals surface area contributed by atoms with E-state index < -0.39 is 0 Å². The van der Waals surface area contributed by atoms with Crippen molar-refractivity contribution in [3.8, 4) is 0 Å². The van der Waals surface area contributed by atoms with E-state index in [0.29, 0.717) is 0 Å². The Morgan fingerprint density at radius 3 is 1.07 bits per heavy atom. The molecule has 0 aromatic heterocycles. The molecule has 6 N–H and O–H groups in total. The summed E-state index contributed by atoms with van der Waals surface area (Å²) in [5.74, 6) is 0. The van der Waals surface area contributed by atoms with Crippen LogP contribution < -0.4 is 21.9 Å². The lowest BCUT2D eigenvalue weighted by Crippen LogP contribution is -2.51. The molecule has 1 fully saturated rings. The number of hydrazine groups is 3. The molecule has 0 radical (unpaired) electrons. The van der Waals surface area contributed by atoms with E-state index in [1.54, 1.807) is 0 Å². The van der Waals surface area contributed by atoms with Crippen molar-refractivity contribution in [1.29, 1.82) is 0 Å². The highest BCUT2D eigenvalue weighted by molar-refractivity contribution is 4.49. The minimum atomic E-state index is 0. The van der Waals surface area contributed by atoms with Gasteiger partial charge in [-0.25, -0.2) is 10.9 Å². The lowest BCUT2D eigenvalue weighted by atomic mass is 10.1. The van der Waals surface area contributed by atoms with Crippen molar-refractivity contribution in [2.75, 3.05) is 13.1 Å². The van der Waals surface area contributed by atoms with Gasteiger partial charge in [-0.3, -0.25) is 0 Å². The van der Waals surface area contributed by atoms with Crippen LogP contribution in [0.15, 0.2) is 0 Å². The standard InChI is InChI=1S/C14H30.C8H20N4.H2O/c1-3-5-7-9-11-13-14-12-10-8-6-4-2;1-2-4-6-8-10-12-11-9-7-5-3-1;/h3-14H2,1-2H3;9-12H,1-8H2;1H2. The Morgan fingerprint density at radius 1 is 0.444 bits per heavy atom. The van der Waals surface area contributed by atoms with Gasteiger partial charge in [0, 0.05) is 13.1 Å². The molecule has 0 saturated carbocycles. The summed E-state index contributed by atoms with van der Waals surface area (Å²) in [7, 11) is 0. The Bertz CT molecular complexity index is 187. The van der Waals surface area contributed by atoms with Gasteiger partial charge in [-0.1, -0.05) is 117 Å². The summed E-state index contributed by atoms with van der Waals surface area (Å²) in [6, 6.07) is 0. The third-order valence-electron chi connectivity index (χ3n) is 5.05. The van der Waals surface area contributed by atoms with Gasteiger partial charge in [0.25, 0.3) is 0 Å². The van der Waals surface area contributed by atoms with Gasteiger partial charge in [0.05, 0.1) is 0 Å². The highest BCUT2D eigenvalue weighted by Gasteiger charge is 1.93. The monoisotopic (exact) mass is 388 g/mol. The van der Waals surface area contributed by atoms with E-state index in [1.807, 2.05) is 0 Å². The Hall–Kier alpha value is -0.200. The van der Waals surface area contributed by atoms with Crippen LogP contribution in [0, 0.1) is 0 Å². The van der Waals surface area contributed by atoms with E-state index >= 15 is 0 Å². The molecule has 0 aromatic carbocycles. The van der Waals surface area contributed by atoms with Crippen molar-refractivity contribution >= 4 is 0 Å². The van der Waals surface area contributed by atoms with E-state index in [0.717, 1.165) is 13.1 Å². The van der Waals surface area contributed by atoms with E-state index in [2.05, 4.69) is 35.8 Å². The molecule has 0 spiro atoms. The molecule has 1 rings (SSSR count). The van der Waals surface area contributed by atoms with Crippen molar-refractivity contribution in [2.45, 2.75) is 129 Å². The van der Waals surface area contributed by atoms with Crippen LogP contribution in [0.2, 0.25) is 0 Å². The van der Waals surface area contributed by atoms with Gasteiger partial charge < -0.3 is 5.48 Å². The van der Waals surface area contributed by atoms with Crippen LogP contribution in [0.5, 0.6) is 0 Å². The number of rotatable bonds is 11. The summed E-state index contributed by atoms with van der Waals surface area (Å²) in [4.78, 5) is 0. The van der Waals surface area contributed by atoms with Crippen molar-refractivity contribution in [1.82, 2.24) is 21.9 Å². The normalized spacial score (nSPS) is 16.2. The van der Waals surface area contributed by atoms with E-state index in [-0.39, 0.29) is 5.48 Å². The third kappa shape index (κ3) is 28.1. The first-order chi connectivity index (χ1) is 12.9. The SMILES string of the molecule is C1CCCCNNNNCCC1.CCCCCCCCCCCCCC.O. The van der Waals surface area contributed by atoms with Gasteiger partial charge in [0.15, 0.2) is 0 Å². The van der Waals surface area contributed by atoms with Gasteiger partial charge in [0.2, 0.25) is 0 Å². The molecule has 166 valence electrons. The maximum Gasteiger partial charge on any atom is 0.0113 e. The summed E-state index contributed by atoms with van der Waals surface area (Å²) in [6.45, 7) is 6.64. The minimum absolute atomic E-state index is 0. The average Bonchev–Trinajstić information content (AvgIpc) is 2.64. The lowest BCUT2D eigenvalue weighted by molar-refractivity contribution is 0.354. The summed E-state index contributed by atoms with van der Waals surface area (Å²) in [5.41, 5.74) is 11.9. The summed E-state index contributed by atoms with van der Waals surface area (Å²) >= 11 is 0. The zero-order chi connectivity index (χ0) is 19.0. The molecule has 0 bridgehead atoms. The predicted octanol–water partition coefficient (Wildman–Crippen LogP) is 5.33. The second-order valence-corrected chi connectivity index (χ2v) is 7.76. The first-order valence-electron chi connectivity index (χ1n) is 11.9. The molecule has 5 nitrogen and oxygen atoms in total. The topological polar surface area (TPSA) is 79.6 Å². The molecule has 1 heterocycles. The molecule has 0 aromatic rings. The number of hydrogen-bond acceptors (Lipinski definition) is 4. The number of nitrogens with one attached hydrogen (secondary N) is 4. The Balaban J connectivity index is 0. The first-order valence-corrected chi connectivity index (χ1v) is 11.9. The number of hydrogen-bond donors (Lipinski definition) is 4. The predicted molar refractivity (Wildman–Crippen MR) is 120 cm³/mol. The molecule has 0 amide bonds. The summed E-state index contributed by atoms with van der Waals surface area (Å²) < 4.78 is 0. The van der Waals surface area contributed by atoms with E-state index in [9.17, 15) is 0 Å². The lowest BCUT2D eigenvalue weighted by Gasteiger charge is -2.11. The largest absolute Gasteiger partial charge is 0.412 e. The molecular formula is C22H52N4O. The van der Waals surface area contributed by atoms with Crippen molar-refractivity contribution in [2.24, 2.45) is 0 Å². The van der Waals surface area contributed by atoms with Crippen molar-refractivity contribution < 1.29 is 5.48 Å². The third-order valence-corrected chi connectivity index (χ3v) is 5.05. The fourth-order valence-corrected chi connectivity index (χ4v) is 3.26. The smallest absolute Gasteiger partial charge is 0.0113 e. The molecule has 27 heavy (non-hydrogen) atoms. The van der Waals surface area contributed by atoms with Crippen molar-refractivity contribution in [3.63, 3.8) is 0 Å². The molecule has 1 aliphatic rings. The van der Waals surface area contributed by atoms with Crippen LogP contribution in [0.3, 0.4) is 0 Å². The van der Waals surface area contributed by atoms with Crippen LogP contribution in [-0.4, -0.2) is 18.6 Å². The molecule has 1 saturated heterocycles. The molecular weight excluding hydrogens is 336 g/mol. The quantitative estimate of drug-likeness (QED) is 0.361. The summed E-state index contributed by atoms with van der Waals surface area (Å²) in [6.07, 6.45) is 25.4. The summed E-state index contributed by atoms with van der Waals surface area (Å²) in [5, 5.41) is 0. The zero-order valence-corrected chi connectivity index (χ0v) is 18.6. The van der Waals surface area contributed by atoms with Crippen LogP contribution in [0.1, 0.15) is 129 Å². The van der Waals surface area contributed by atoms with Gasteiger partial charge >= 0.3 is 0 Å². The first kappa shape index (κ1) is 29.0. The average molecular weight is 389 g/mol. The second-order valence-electron chi connectivity index (χ2n) is 7.76. The fraction of sp³-hybridized carbons (Fsp3) is 1.00. The van der Waals surface area contributed by atoms with Crippen molar-refractivity contribution in [3.05, 3.63) is 0 Å². The molecule has 0 aliphatic carbocycles. The second kappa shape index (κ2) is 28.0. The molecule has 0 unspecified atom stereocenters. The maximum atomic E-state index is 3.08. The Labute approximate surface area is 170 Å². The highest BCUT2D eigenvalue weighted by atomic mass is 16.0. The Kier molecular flexibility index (Phi) is 30.1. The van der Waals surface area contributed by atoms with E-state index in [1.165, 1.54) is 116 Å². The number of unbranched alkanes of at least 4 members (excludes halogenated alkanes) is 11. The molecule has 0 atom stereocenters.